The minimum Gasteiger partial charge on any atom is -0.508 e. The Hall–Kier alpha value is -2.59. The molecule has 3 nitrogen and oxygen atoms in total. The van der Waals surface area contributed by atoms with Crippen LogP contribution in [0, 0.1) is 6.92 Å². The van der Waals surface area contributed by atoms with E-state index in [9.17, 15) is 5.11 Å². The average molecular weight is 393 g/mol. The van der Waals surface area contributed by atoms with Crippen LogP contribution in [0.15, 0.2) is 71.2 Å². The number of fused-ring (bicyclic) bond motifs is 1. The van der Waals surface area contributed by atoms with Gasteiger partial charge >= 0.3 is 0 Å². The smallest absolute Gasteiger partial charge is 0.141 e. The second-order valence-electron chi connectivity index (χ2n) is 6.16. The lowest BCUT2D eigenvalue weighted by Gasteiger charge is -2.11. The van der Waals surface area contributed by atoms with Crippen molar-refractivity contribution in [1.29, 1.82) is 0 Å². The van der Waals surface area contributed by atoms with Crippen molar-refractivity contribution in [2.75, 3.05) is 0 Å². The zero-order valence-electron chi connectivity index (χ0n) is 13.8. The van der Waals surface area contributed by atoms with Gasteiger partial charge in [0.2, 0.25) is 0 Å². The van der Waals surface area contributed by atoms with Gasteiger partial charge in [0.05, 0.1) is 17.6 Å². The molecule has 3 aromatic carbocycles. The zero-order chi connectivity index (χ0) is 17.4. The minimum absolute atomic E-state index is 0.247. The molecule has 4 heteroatoms. The fourth-order valence-corrected chi connectivity index (χ4v) is 3.48. The van der Waals surface area contributed by atoms with Gasteiger partial charge in [-0.2, -0.15) is 0 Å². The third kappa shape index (κ3) is 3.05. The van der Waals surface area contributed by atoms with E-state index in [1.54, 1.807) is 12.1 Å². The fourth-order valence-electron chi connectivity index (χ4n) is 3.07. The van der Waals surface area contributed by atoms with Gasteiger partial charge in [0.25, 0.3) is 0 Å². The summed E-state index contributed by atoms with van der Waals surface area (Å²) in [5, 5.41) is 9.95. The summed E-state index contributed by atoms with van der Waals surface area (Å²) in [7, 11) is 0. The van der Waals surface area contributed by atoms with E-state index in [1.165, 1.54) is 11.1 Å². The lowest BCUT2D eigenvalue weighted by Crippen LogP contribution is -2.03. The van der Waals surface area contributed by atoms with Crippen molar-refractivity contribution in [2.45, 2.75) is 13.5 Å². The quantitative estimate of drug-likeness (QED) is 0.497. The van der Waals surface area contributed by atoms with Crippen molar-refractivity contribution in [2.24, 2.45) is 0 Å². The summed E-state index contributed by atoms with van der Waals surface area (Å²) in [5.41, 5.74) is 5.23. The maximum atomic E-state index is 9.95. The van der Waals surface area contributed by atoms with Crippen molar-refractivity contribution in [3.05, 3.63) is 82.3 Å². The van der Waals surface area contributed by atoms with Gasteiger partial charge in [-0.05, 0) is 36.8 Å². The van der Waals surface area contributed by atoms with E-state index in [4.69, 9.17) is 4.98 Å². The van der Waals surface area contributed by atoms with Gasteiger partial charge in [-0.3, -0.25) is 0 Å². The predicted molar refractivity (Wildman–Crippen MR) is 105 cm³/mol. The first-order valence-electron chi connectivity index (χ1n) is 8.11. The van der Waals surface area contributed by atoms with Crippen LogP contribution >= 0.6 is 15.9 Å². The van der Waals surface area contributed by atoms with E-state index in [-0.39, 0.29) is 5.75 Å². The monoisotopic (exact) mass is 392 g/mol. The van der Waals surface area contributed by atoms with Gasteiger partial charge in [0, 0.05) is 16.1 Å². The molecule has 1 N–H and O–H groups in total. The normalized spacial score (nSPS) is 11.1. The molecule has 1 heterocycles. The molecule has 0 radical (unpaired) electrons. The highest BCUT2D eigenvalue weighted by atomic mass is 79.9. The molecule has 0 fully saturated rings. The number of hydrogen-bond donors (Lipinski definition) is 1. The molecule has 25 heavy (non-hydrogen) atoms. The molecule has 124 valence electrons. The summed E-state index contributed by atoms with van der Waals surface area (Å²) in [6.45, 7) is 2.75. The maximum Gasteiger partial charge on any atom is 0.141 e. The van der Waals surface area contributed by atoms with E-state index in [2.05, 4.69) is 51.7 Å². The number of imidazole rings is 1. The van der Waals surface area contributed by atoms with E-state index >= 15 is 0 Å². The van der Waals surface area contributed by atoms with Gasteiger partial charge in [-0.15, -0.1) is 0 Å². The van der Waals surface area contributed by atoms with Crippen LogP contribution in [0.4, 0.5) is 0 Å². The van der Waals surface area contributed by atoms with Crippen LogP contribution in [0.25, 0.3) is 22.4 Å². The maximum absolute atomic E-state index is 9.95. The third-order valence-corrected chi connectivity index (χ3v) is 5.07. The van der Waals surface area contributed by atoms with E-state index in [0.29, 0.717) is 6.54 Å². The number of phenols is 1. The van der Waals surface area contributed by atoms with Gasteiger partial charge in [0.15, 0.2) is 0 Å². The first-order valence-corrected chi connectivity index (χ1v) is 8.91. The molecule has 0 spiro atoms. The first kappa shape index (κ1) is 15.9. The average Bonchev–Trinajstić information content (AvgIpc) is 2.95. The molecular weight excluding hydrogens is 376 g/mol. The molecule has 0 amide bonds. The lowest BCUT2D eigenvalue weighted by atomic mass is 10.1. The van der Waals surface area contributed by atoms with Crippen LogP contribution in [-0.4, -0.2) is 14.7 Å². The van der Waals surface area contributed by atoms with Crippen molar-refractivity contribution >= 4 is 27.0 Å². The molecule has 0 aliphatic carbocycles. The highest BCUT2D eigenvalue weighted by Crippen LogP contribution is 2.29. The zero-order valence-corrected chi connectivity index (χ0v) is 15.4. The molecule has 0 bridgehead atoms. The largest absolute Gasteiger partial charge is 0.508 e. The highest BCUT2D eigenvalue weighted by molar-refractivity contribution is 9.10. The SMILES string of the molecule is Cc1cccc(-c2nc3ccc(O)cc3n2Cc2ccccc2Br)c1. The van der Waals surface area contributed by atoms with Crippen LogP contribution in [-0.2, 0) is 6.54 Å². The second kappa shape index (κ2) is 6.37. The topological polar surface area (TPSA) is 38.1 Å². The summed E-state index contributed by atoms with van der Waals surface area (Å²) in [4.78, 5) is 4.83. The van der Waals surface area contributed by atoms with Crippen LogP contribution in [0.5, 0.6) is 5.75 Å². The van der Waals surface area contributed by atoms with Gasteiger partial charge in [0.1, 0.15) is 11.6 Å². The predicted octanol–water partition coefficient (Wildman–Crippen LogP) is 5.53. The van der Waals surface area contributed by atoms with E-state index in [1.807, 2.05) is 30.3 Å². The summed E-state index contributed by atoms with van der Waals surface area (Å²) < 4.78 is 3.22. The number of halogens is 1. The third-order valence-electron chi connectivity index (χ3n) is 4.29. The molecule has 0 unspecified atom stereocenters. The molecule has 4 aromatic rings. The molecule has 1 aromatic heterocycles. The number of aromatic nitrogens is 2. The Morgan fingerprint density at radius 2 is 1.84 bits per heavy atom. The molecule has 0 saturated carbocycles. The number of rotatable bonds is 3. The van der Waals surface area contributed by atoms with E-state index < -0.39 is 0 Å². The van der Waals surface area contributed by atoms with Crippen molar-refractivity contribution in [3.8, 4) is 17.1 Å². The summed E-state index contributed by atoms with van der Waals surface area (Å²) in [6.07, 6.45) is 0. The Bertz CT molecular complexity index is 1070. The number of benzene rings is 3. The molecule has 0 saturated heterocycles. The number of phenolic OH excluding ortho intramolecular Hbond substituents is 1. The summed E-state index contributed by atoms with van der Waals surface area (Å²) >= 11 is 3.63. The first-order chi connectivity index (χ1) is 12.1. The molecule has 0 aliphatic heterocycles. The van der Waals surface area contributed by atoms with Crippen molar-refractivity contribution < 1.29 is 5.11 Å². The van der Waals surface area contributed by atoms with Crippen molar-refractivity contribution in [1.82, 2.24) is 9.55 Å². The van der Waals surface area contributed by atoms with Crippen LogP contribution in [0.2, 0.25) is 0 Å². The van der Waals surface area contributed by atoms with E-state index in [0.717, 1.165) is 26.9 Å². The Balaban J connectivity index is 1.94. The second-order valence-corrected chi connectivity index (χ2v) is 7.01. The van der Waals surface area contributed by atoms with Crippen LogP contribution in [0.3, 0.4) is 0 Å². The number of nitrogens with zero attached hydrogens (tertiary/aromatic N) is 2. The summed E-state index contributed by atoms with van der Waals surface area (Å²) in [6, 6.07) is 21.8. The van der Waals surface area contributed by atoms with Crippen LogP contribution in [0.1, 0.15) is 11.1 Å². The lowest BCUT2D eigenvalue weighted by molar-refractivity contribution is 0.476. The number of aromatic hydroxyl groups is 1. The van der Waals surface area contributed by atoms with Gasteiger partial charge in [-0.1, -0.05) is 57.9 Å². The highest BCUT2D eigenvalue weighted by Gasteiger charge is 2.14. The molecular formula is C21H17BrN2O. The van der Waals surface area contributed by atoms with Gasteiger partial charge in [-0.25, -0.2) is 4.98 Å². The molecule has 4 rings (SSSR count). The minimum atomic E-state index is 0.247. The molecule has 0 atom stereocenters. The Morgan fingerprint density at radius 3 is 2.64 bits per heavy atom. The fraction of sp³-hybridized carbons (Fsp3) is 0.0952. The van der Waals surface area contributed by atoms with Crippen molar-refractivity contribution in [3.63, 3.8) is 0 Å². The molecule has 0 aliphatic rings. The number of hydrogen-bond acceptors (Lipinski definition) is 2. The van der Waals surface area contributed by atoms with Crippen LogP contribution < -0.4 is 0 Å². The number of aryl methyl sites for hydroxylation is 1. The Morgan fingerprint density at radius 1 is 1.00 bits per heavy atom. The van der Waals surface area contributed by atoms with Gasteiger partial charge < -0.3 is 9.67 Å². The summed E-state index contributed by atoms with van der Waals surface area (Å²) in [5.74, 6) is 1.15. The standard InChI is InChI=1S/C21H17BrN2O/c1-14-5-4-7-15(11-14)21-23-19-10-9-17(25)12-20(19)24(21)13-16-6-2-3-8-18(16)22/h2-12,25H,13H2,1H3. The Kier molecular flexibility index (Phi) is 4.06. The Labute approximate surface area is 154 Å².